The fourth-order valence-electron chi connectivity index (χ4n) is 3.85. The van der Waals surface area contributed by atoms with Crippen molar-refractivity contribution in [2.24, 2.45) is 9.98 Å². The number of methoxy groups -OCH3 is 2. The van der Waals surface area contributed by atoms with Gasteiger partial charge in [-0.15, -0.1) is 0 Å². The number of amides is 1. The molecule has 2 aliphatic rings. The third-order valence-corrected chi connectivity index (χ3v) is 6.63. The summed E-state index contributed by atoms with van der Waals surface area (Å²) in [7, 11) is 3.06. The van der Waals surface area contributed by atoms with Gasteiger partial charge < -0.3 is 14.8 Å². The average Bonchev–Trinajstić information content (AvgIpc) is 3.40. The molecule has 1 amide bonds. The SMILES string of the molecule is COc1cc(OC)c(NC(=O)CSC2=NC3(CCCC3)N=C2c2ccccc2)cc1Cl. The van der Waals surface area contributed by atoms with E-state index in [0.717, 1.165) is 42.0 Å². The van der Waals surface area contributed by atoms with E-state index in [2.05, 4.69) is 5.32 Å². The highest BCUT2D eigenvalue weighted by Gasteiger charge is 2.39. The maximum Gasteiger partial charge on any atom is 0.234 e. The number of hydrogen-bond acceptors (Lipinski definition) is 6. The van der Waals surface area contributed by atoms with Crippen LogP contribution in [-0.2, 0) is 4.79 Å². The van der Waals surface area contributed by atoms with Gasteiger partial charge in [0.15, 0.2) is 5.66 Å². The van der Waals surface area contributed by atoms with Crippen molar-refractivity contribution < 1.29 is 14.3 Å². The lowest BCUT2D eigenvalue weighted by Crippen LogP contribution is -2.18. The molecule has 1 aliphatic carbocycles. The van der Waals surface area contributed by atoms with Gasteiger partial charge in [-0.05, 0) is 31.7 Å². The molecule has 0 saturated heterocycles. The van der Waals surface area contributed by atoms with E-state index >= 15 is 0 Å². The van der Waals surface area contributed by atoms with Gasteiger partial charge in [-0.25, -0.2) is 4.99 Å². The van der Waals surface area contributed by atoms with Crippen LogP contribution in [0.1, 0.15) is 31.2 Å². The van der Waals surface area contributed by atoms with Gasteiger partial charge in [0.1, 0.15) is 16.5 Å². The van der Waals surface area contributed by atoms with Gasteiger partial charge >= 0.3 is 0 Å². The van der Waals surface area contributed by atoms with Crippen molar-refractivity contribution in [3.63, 3.8) is 0 Å². The minimum absolute atomic E-state index is 0.174. The summed E-state index contributed by atoms with van der Waals surface area (Å²) in [5.74, 6) is 0.992. The fourth-order valence-corrected chi connectivity index (χ4v) is 4.97. The Hall–Kier alpha value is -2.51. The first-order chi connectivity index (χ1) is 15.0. The molecule has 0 bridgehead atoms. The standard InChI is InChI=1S/C23H24ClN3O3S/c1-29-18-13-19(30-2)17(12-16(18)24)25-20(28)14-31-22-21(15-8-4-3-5-9-15)26-23(27-22)10-6-7-11-23/h3-5,8-9,12-13H,6-7,10-11,14H2,1-2H3,(H,25,28). The van der Waals surface area contributed by atoms with Gasteiger partial charge in [-0.1, -0.05) is 53.7 Å². The molecule has 31 heavy (non-hydrogen) atoms. The third-order valence-electron chi connectivity index (χ3n) is 5.37. The Kier molecular flexibility index (Phi) is 6.53. The number of carbonyl (C=O) groups excluding carboxylic acids is 1. The number of anilines is 1. The molecule has 1 aliphatic heterocycles. The largest absolute Gasteiger partial charge is 0.495 e. The van der Waals surface area contributed by atoms with E-state index in [-0.39, 0.29) is 17.3 Å². The molecule has 6 nitrogen and oxygen atoms in total. The van der Waals surface area contributed by atoms with Gasteiger partial charge in [0, 0.05) is 11.6 Å². The van der Waals surface area contributed by atoms with E-state index in [1.54, 1.807) is 12.1 Å². The minimum atomic E-state index is -0.350. The van der Waals surface area contributed by atoms with Gasteiger partial charge in [0.25, 0.3) is 0 Å². The Labute approximate surface area is 191 Å². The first-order valence-corrected chi connectivity index (χ1v) is 11.5. The lowest BCUT2D eigenvalue weighted by Gasteiger charge is -2.14. The topological polar surface area (TPSA) is 72.3 Å². The Balaban J connectivity index is 1.49. The lowest BCUT2D eigenvalue weighted by atomic mass is 10.1. The number of ether oxygens (including phenoxy) is 2. The number of halogens is 1. The van der Waals surface area contributed by atoms with Crippen molar-refractivity contribution in [3.8, 4) is 11.5 Å². The zero-order valence-electron chi connectivity index (χ0n) is 17.5. The summed E-state index contributed by atoms with van der Waals surface area (Å²) in [4.78, 5) is 22.7. The van der Waals surface area contributed by atoms with Crippen molar-refractivity contribution in [1.82, 2.24) is 0 Å². The molecule has 162 valence electrons. The second-order valence-corrected chi connectivity index (χ2v) is 8.83. The smallest absolute Gasteiger partial charge is 0.234 e. The summed E-state index contributed by atoms with van der Waals surface area (Å²) in [6, 6.07) is 13.3. The Morgan fingerprint density at radius 2 is 1.81 bits per heavy atom. The highest BCUT2D eigenvalue weighted by atomic mass is 35.5. The van der Waals surface area contributed by atoms with E-state index in [1.165, 1.54) is 26.0 Å². The van der Waals surface area contributed by atoms with Crippen LogP contribution in [0.4, 0.5) is 5.69 Å². The van der Waals surface area contributed by atoms with Gasteiger partial charge in [0.05, 0.1) is 36.4 Å². The van der Waals surface area contributed by atoms with Crippen LogP contribution in [0.5, 0.6) is 11.5 Å². The van der Waals surface area contributed by atoms with Crippen LogP contribution in [0.2, 0.25) is 5.02 Å². The minimum Gasteiger partial charge on any atom is -0.495 e. The van der Waals surface area contributed by atoms with Crippen LogP contribution in [0, 0.1) is 0 Å². The van der Waals surface area contributed by atoms with Crippen LogP contribution in [0.3, 0.4) is 0 Å². The van der Waals surface area contributed by atoms with Crippen LogP contribution < -0.4 is 14.8 Å². The fraction of sp³-hybridized carbons (Fsp3) is 0.348. The molecule has 8 heteroatoms. The van der Waals surface area contributed by atoms with Gasteiger partial charge in [-0.3, -0.25) is 9.79 Å². The molecule has 1 N–H and O–H groups in total. The number of nitrogens with zero attached hydrogens (tertiary/aromatic N) is 2. The van der Waals surface area contributed by atoms with Gasteiger partial charge in [-0.2, -0.15) is 0 Å². The normalized spacial score (nSPS) is 16.7. The number of hydrogen-bond donors (Lipinski definition) is 1. The summed E-state index contributed by atoms with van der Waals surface area (Å²) in [6.07, 6.45) is 4.18. The number of rotatable bonds is 6. The average molecular weight is 458 g/mol. The number of nitrogens with one attached hydrogen (secondary N) is 1. The Morgan fingerprint density at radius 3 is 2.48 bits per heavy atom. The summed E-state index contributed by atoms with van der Waals surface area (Å²) >= 11 is 7.62. The van der Waals surface area contributed by atoms with E-state index in [9.17, 15) is 4.79 Å². The molecule has 1 spiro atoms. The summed E-state index contributed by atoms with van der Waals surface area (Å²) in [5, 5.41) is 4.09. The van der Waals surface area contributed by atoms with E-state index in [4.69, 9.17) is 31.1 Å². The Bertz CT molecular complexity index is 1030. The van der Waals surface area contributed by atoms with Crippen molar-refractivity contribution in [1.29, 1.82) is 0 Å². The lowest BCUT2D eigenvalue weighted by molar-refractivity contribution is -0.113. The predicted molar refractivity (Wildman–Crippen MR) is 127 cm³/mol. The molecule has 0 atom stereocenters. The number of aliphatic imine (C=N–C) groups is 2. The summed E-state index contributed by atoms with van der Waals surface area (Å²) < 4.78 is 10.6. The molecule has 2 aromatic carbocycles. The van der Waals surface area contributed by atoms with Crippen molar-refractivity contribution in [2.45, 2.75) is 31.3 Å². The molecular weight excluding hydrogens is 434 g/mol. The van der Waals surface area contributed by atoms with Gasteiger partial charge in [0.2, 0.25) is 5.91 Å². The summed E-state index contributed by atoms with van der Waals surface area (Å²) in [6.45, 7) is 0. The molecule has 1 saturated carbocycles. The van der Waals surface area contributed by atoms with Crippen LogP contribution >= 0.6 is 23.4 Å². The molecule has 4 rings (SSSR count). The predicted octanol–water partition coefficient (Wildman–Crippen LogP) is 5.20. The van der Waals surface area contributed by atoms with E-state index in [0.29, 0.717) is 22.2 Å². The first-order valence-electron chi connectivity index (χ1n) is 10.1. The van der Waals surface area contributed by atoms with Crippen LogP contribution in [-0.4, -0.2) is 42.3 Å². The molecule has 2 aromatic rings. The third kappa shape index (κ3) is 4.72. The van der Waals surface area contributed by atoms with Crippen LogP contribution in [0.25, 0.3) is 0 Å². The molecule has 0 radical (unpaired) electrons. The quantitative estimate of drug-likeness (QED) is 0.647. The van der Waals surface area contributed by atoms with Crippen LogP contribution in [0.15, 0.2) is 52.4 Å². The maximum atomic E-state index is 12.7. The zero-order valence-corrected chi connectivity index (χ0v) is 19.1. The highest BCUT2D eigenvalue weighted by molar-refractivity contribution is 8.16. The molecule has 0 aromatic heterocycles. The second-order valence-electron chi connectivity index (χ2n) is 7.46. The zero-order chi connectivity index (χ0) is 21.8. The van der Waals surface area contributed by atoms with Crippen molar-refractivity contribution >= 4 is 45.7 Å². The van der Waals surface area contributed by atoms with Crippen molar-refractivity contribution in [3.05, 3.63) is 53.1 Å². The number of thioether (sulfide) groups is 1. The molecular formula is C23H24ClN3O3S. The second kappa shape index (κ2) is 9.32. The molecule has 1 fully saturated rings. The monoisotopic (exact) mass is 457 g/mol. The molecule has 1 heterocycles. The van der Waals surface area contributed by atoms with E-state index in [1.807, 2.05) is 30.3 Å². The molecule has 0 unspecified atom stereocenters. The first kappa shape index (κ1) is 21.7. The summed E-state index contributed by atoms with van der Waals surface area (Å²) in [5.41, 5.74) is 2.06. The maximum absolute atomic E-state index is 12.7. The van der Waals surface area contributed by atoms with E-state index < -0.39 is 0 Å². The number of carbonyl (C=O) groups is 1. The number of benzene rings is 2. The Morgan fingerprint density at radius 1 is 1.10 bits per heavy atom. The highest BCUT2D eigenvalue weighted by Crippen LogP contribution is 2.40. The van der Waals surface area contributed by atoms with Crippen molar-refractivity contribution in [2.75, 3.05) is 25.3 Å².